The predicted molar refractivity (Wildman–Crippen MR) is 68.9 cm³/mol. The summed E-state index contributed by atoms with van der Waals surface area (Å²) in [5.74, 6) is 0.828. The molecule has 3 N–H and O–H groups in total. The highest BCUT2D eigenvalue weighted by atomic mass is 35.5. The average molecular weight is 261 g/mol. The van der Waals surface area contributed by atoms with Crippen LogP contribution in [0.4, 0.5) is 5.69 Å². The molecule has 90 valence electrons. The van der Waals surface area contributed by atoms with Crippen LogP contribution in [0.15, 0.2) is 41.1 Å². The highest BCUT2D eigenvalue weighted by Gasteiger charge is 2.13. The van der Waals surface area contributed by atoms with Gasteiger partial charge in [0, 0.05) is 16.9 Å². The molecule has 1 aromatic carbocycles. The summed E-state index contributed by atoms with van der Waals surface area (Å²) in [4.78, 5) is 7.28. The molecule has 0 radical (unpaired) electrons. The van der Waals surface area contributed by atoms with Gasteiger partial charge in [-0.05, 0) is 30.3 Å². The molecule has 5 nitrogen and oxygen atoms in total. The Morgan fingerprint density at radius 2 is 2.17 bits per heavy atom. The quantitative estimate of drug-likeness (QED) is 0.694. The third-order valence-electron chi connectivity index (χ3n) is 2.51. The number of aromatic amines is 1. The number of nitrogens with zero attached hydrogens (tertiary/aromatic N) is 2. The maximum Gasteiger partial charge on any atom is 0.260 e. The molecule has 18 heavy (non-hydrogen) atoms. The molecule has 0 amide bonds. The van der Waals surface area contributed by atoms with Gasteiger partial charge in [0.1, 0.15) is 0 Å². The van der Waals surface area contributed by atoms with Gasteiger partial charge in [0.15, 0.2) is 0 Å². The lowest BCUT2D eigenvalue weighted by Crippen LogP contribution is -1.90. The van der Waals surface area contributed by atoms with Crippen LogP contribution in [0.3, 0.4) is 0 Å². The van der Waals surface area contributed by atoms with Crippen LogP contribution < -0.4 is 5.73 Å². The largest absolute Gasteiger partial charge is 0.398 e. The van der Waals surface area contributed by atoms with Crippen molar-refractivity contribution in [1.29, 1.82) is 0 Å². The lowest BCUT2D eigenvalue weighted by molar-refractivity contribution is 0.432. The minimum Gasteiger partial charge on any atom is -0.398 e. The molecule has 3 aromatic rings. The summed E-state index contributed by atoms with van der Waals surface area (Å²) in [6.45, 7) is 0. The molecule has 0 spiro atoms. The van der Waals surface area contributed by atoms with Gasteiger partial charge in [-0.2, -0.15) is 4.98 Å². The number of nitrogen functional groups attached to an aromatic ring is 1. The molecule has 0 saturated carbocycles. The molecular weight excluding hydrogens is 252 g/mol. The van der Waals surface area contributed by atoms with Gasteiger partial charge in [-0.3, -0.25) is 0 Å². The van der Waals surface area contributed by atoms with Crippen LogP contribution in [0.1, 0.15) is 0 Å². The van der Waals surface area contributed by atoms with E-state index in [9.17, 15) is 0 Å². The Morgan fingerprint density at radius 3 is 2.94 bits per heavy atom. The summed E-state index contributed by atoms with van der Waals surface area (Å²) in [6.07, 6.45) is 1.79. The molecule has 0 atom stereocenters. The average Bonchev–Trinajstić information content (AvgIpc) is 3.00. The normalized spacial score (nSPS) is 10.7. The molecule has 0 aliphatic carbocycles. The predicted octanol–water partition coefficient (Wildman–Crippen LogP) is 2.97. The standard InChI is InChI=1S/C12H9ClN4O/c13-7-3-4-9(14)8(6-7)12-16-11(17-18-12)10-2-1-5-15-10/h1-6,15H,14H2. The Hall–Kier alpha value is -2.27. The smallest absolute Gasteiger partial charge is 0.260 e. The van der Waals surface area contributed by atoms with Gasteiger partial charge in [0.05, 0.1) is 11.3 Å². The van der Waals surface area contributed by atoms with E-state index in [2.05, 4.69) is 15.1 Å². The van der Waals surface area contributed by atoms with Crippen LogP contribution in [0.2, 0.25) is 5.02 Å². The second-order valence-corrected chi connectivity index (χ2v) is 4.17. The van der Waals surface area contributed by atoms with Crippen molar-refractivity contribution >= 4 is 17.3 Å². The first kappa shape index (κ1) is 10.9. The van der Waals surface area contributed by atoms with Crippen molar-refractivity contribution < 1.29 is 4.52 Å². The molecule has 6 heteroatoms. The monoisotopic (exact) mass is 260 g/mol. The molecule has 0 aliphatic heterocycles. The zero-order valence-electron chi connectivity index (χ0n) is 9.22. The molecule has 2 aromatic heterocycles. The first-order chi connectivity index (χ1) is 8.74. The number of nitrogens with one attached hydrogen (secondary N) is 1. The van der Waals surface area contributed by atoms with Gasteiger partial charge in [-0.15, -0.1) is 0 Å². The van der Waals surface area contributed by atoms with Crippen LogP contribution in [-0.2, 0) is 0 Å². The number of anilines is 1. The number of benzene rings is 1. The maximum atomic E-state index is 5.92. The number of rotatable bonds is 2. The maximum absolute atomic E-state index is 5.92. The molecule has 0 fully saturated rings. The van der Waals surface area contributed by atoms with Crippen LogP contribution >= 0.6 is 11.6 Å². The number of hydrogen-bond acceptors (Lipinski definition) is 4. The highest BCUT2D eigenvalue weighted by molar-refractivity contribution is 6.31. The zero-order valence-corrected chi connectivity index (χ0v) is 9.98. The van der Waals surface area contributed by atoms with Crippen LogP contribution in [0.5, 0.6) is 0 Å². The Balaban J connectivity index is 2.05. The fourth-order valence-electron chi connectivity index (χ4n) is 1.63. The SMILES string of the molecule is Nc1ccc(Cl)cc1-c1nc(-c2ccc[nH]2)no1. The van der Waals surface area contributed by atoms with E-state index >= 15 is 0 Å². The molecule has 0 bridgehead atoms. The lowest BCUT2D eigenvalue weighted by Gasteiger charge is -2.00. The van der Waals surface area contributed by atoms with Crippen LogP contribution in [-0.4, -0.2) is 15.1 Å². The van der Waals surface area contributed by atoms with Crippen molar-refractivity contribution in [2.24, 2.45) is 0 Å². The van der Waals surface area contributed by atoms with Crippen LogP contribution in [0, 0.1) is 0 Å². The number of hydrogen-bond donors (Lipinski definition) is 2. The fraction of sp³-hybridized carbons (Fsp3) is 0. The van der Waals surface area contributed by atoms with Gasteiger partial charge >= 0.3 is 0 Å². The third kappa shape index (κ3) is 1.84. The molecule has 0 unspecified atom stereocenters. The number of nitrogens with two attached hydrogens (primary N) is 1. The Bertz CT molecular complexity index is 675. The Kier molecular flexibility index (Phi) is 2.53. The topological polar surface area (TPSA) is 80.7 Å². The molecule has 3 rings (SSSR count). The second-order valence-electron chi connectivity index (χ2n) is 3.74. The van der Waals surface area contributed by atoms with Crippen molar-refractivity contribution in [2.45, 2.75) is 0 Å². The van der Waals surface area contributed by atoms with Gasteiger partial charge in [0.25, 0.3) is 5.89 Å². The van der Waals surface area contributed by atoms with Crippen molar-refractivity contribution in [1.82, 2.24) is 15.1 Å². The molecule has 0 saturated heterocycles. The van der Waals surface area contributed by atoms with E-state index in [0.29, 0.717) is 28.0 Å². The van der Waals surface area contributed by atoms with Gasteiger partial charge in [0.2, 0.25) is 5.82 Å². The second kappa shape index (κ2) is 4.19. The number of halogens is 1. The van der Waals surface area contributed by atoms with Crippen molar-refractivity contribution in [3.05, 3.63) is 41.6 Å². The fourth-order valence-corrected chi connectivity index (χ4v) is 1.80. The minimum absolute atomic E-state index is 0.347. The van der Waals surface area contributed by atoms with Crippen molar-refractivity contribution in [3.63, 3.8) is 0 Å². The van der Waals surface area contributed by atoms with Gasteiger partial charge in [-0.25, -0.2) is 0 Å². The van der Waals surface area contributed by atoms with E-state index in [1.807, 2.05) is 12.1 Å². The minimum atomic E-state index is 0.347. The number of aromatic nitrogens is 3. The third-order valence-corrected chi connectivity index (χ3v) is 2.75. The summed E-state index contributed by atoms with van der Waals surface area (Å²) >= 11 is 5.92. The summed E-state index contributed by atoms with van der Waals surface area (Å²) in [6, 6.07) is 8.83. The summed E-state index contributed by atoms with van der Waals surface area (Å²) in [5.41, 5.74) is 7.81. The van der Waals surface area contributed by atoms with E-state index in [1.54, 1.807) is 24.4 Å². The summed E-state index contributed by atoms with van der Waals surface area (Å²) < 4.78 is 5.19. The Morgan fingerprint density at radius 1 is 1.28 bits per heavy atom. The van der Waals surface area contributed by atoms with Crippen LogP contribution in [0.25, 0.3) is 23.0 Å². The first-order valence-corrected chi connectivity index (χ1v) is 5.65. The van der Waals surface area contributed by atoms with Gasteiger partial charge < -0.3 is 15.2 Å². The lowest BCUT2D eigenvalue weighted by atomic mass is 10.2. The van der Waals surface area contributed by atoms with Gasteiger partial charge in [-0.1, -0.05) is 16.8 Å². The van der Waals surface area contributed by atoms with Crippen molar-refractivity contribution in [3.8, 4) is 23.0 Å². The van der Waals surface area contributed by atoms with E-state index < -0.39 is 0 Å². The summed E-state index contributed by atoms with van der Waals surface area (Å²) in [5, 5.41) is 4.46. The van der Waals surface area contributed by atoms with Crippen molar-refractivity contribution in [2.75, 3.05) is 5.73 Å². The van der Waals surface area contributed by atoms with E-state index in [-0.39, 0.29) is 0 Å². The Labute approximate surface area is 108 Å². The molecule has 0 aliphatic rings. The number of H-pyrrole nitrogens is 1. The van der Waals surface area contributed by atoms with E-state index in [0.717, 1.165) is 5.69 Å². The van der Waals surface area contributed by atoms with E-state index in [1.165, 1.54) is 0 Å². The first-order valence-electron chi connectivity index (χ1n) is 5.27. The summed E-state index contributed by atoms with van der Waals surface area (Å²) in [7, 11) is 0. The van der Waals surface area contributed by atoms with E-state index in [4.69, 9.17) is 21.9 Å². The zero-order chi connectivity index (χ0) is 12.5. The molecular formula is C12H9ClN4O. The molecule has 2 heterocycles. The highest BCUT2D eigenvalue weighted by Crippen LogP contribution is 2.28.